The molecular weight excluding hydrogens is 316 g/mol. The lowest BCUT2D eigenvalue weighted by molar-refractivity contribution is 0.102. The fraction of sp³-hybridized carbons (Fsp3) is 0.0556. The van der Waals surface area contributed by atoms with Crippen molar-refractivity contribution in [3.63, 3.8) is 0 Å². The van der Waals surface area contributed by atoms with Crippen LogP contribution in [0.4, 0.5) is 17.1 Å². The molecule has 0 aliphatic carbocycles. The van der Waals surface area contributed by atoms with Crippen molar-refractivity contribution in [3.05, 3.63) is 66.7 Å². The maximum atomic E-state index is 12.5. The van der Waals surface area contributed by atoms with Crippen molar-refractivity contribution >= 4 is 34.0 Å². The monoisotopic (exact) mass is 332 g/mol. The number of imidazole rings is 1. The third-order valence-corrected chi connectivity index (χ3v) is 3.80. The SMILES string of the molecule is Cn1cc(Nc2cccc(NC(=O)c3ccc4nc[nH]c4c3)c2)cn1. The molecule has 2 aromatic carbocycles. The Morgan fingerprint density at radius 3 is 2.84 bits per heavy atom. The molecule has 0 saturated heterocycles. The minimum absolute atomic E-state index is 0.171. The molecule has 0 fully saturated rings. The molecule has 4 rings (SSSR count). The van der Waals surface area contributed by atoms with E-state index in [0.29, 0.717) is 11.3 Å². The maximum absolute atomic E-state index is 12.5. The van der Waals surface area contributed by atoms with Crippen molar-refractivity contribution in [1.29, 1.82) is 0 Å². The van der Waals surface area contributed by atoms with Crippen LogP contribution in [-0.2, 0) is 7.05 Å². The number of aromatic amines is 1. The summed E-state index contributed by atoms with van der Waals surface area (Å²) < 4.78 is 1.72. The van der Waals surface area contributed by atoms with E-state index in [-0.39, 0.29) is 5.91 Å². The summed E-state index contributed by atoms with van der Waals surface area (Å²) in [4.78, 5) is 19.6. The number of nitrogens with one attached hydrogen (secondary N) is 3. The Bertz CT molecular complexity index is 1050. The number of nitrogens with zero attached hydrogens (tertiary/aromatic N) is 3. The molecule has 0 spiro atoms. The molecule has 0 radical (unpaired) electrons. The topological polar surface area (TPSA) is 87.6 Å². The van der Waals surface area contributed by atoms with E-state index < -0.39 is 0 Å². The van der Waals surface area contributed by atoms with Gasteiger partial charge >= 0.3 is 0 Å². The van der Waals surface area contributed by atoms with Crippen LogP contribution in [0.15, 0.2) is 61.2 Å². The minimum Gasteiger partial charge on any atom is -0.353 e. The van der Waals surface area contributed by atoms with Gasteiger partial charge in [-0.1, -0.05) is 6.07 Å². The lowest BCUT2D eigenvalue weighted by Gasteiger charge is -2.08. The molecule has 0 saturated carbocycles. The zero-order chi connectivity index (χ0) is 17.2. The summed E-state index contributed by atoms with van der Waals surface area (Å²) in [5, 5.41) is 10.3. The second kappa shape index (κ2) is 6.12. The fourth-order valence-electron chi connectivity index (χ4n) is 2.61. The van der Waals surface area contributed by atoms with Gasteiger partial charge in [-0.15, -0.1) is 0 Å². The first-order valence-corrected chi connectivity index (χ1v) is 7.77. The molecule has 2 heterocycles. The van der Waals surface area contributed by atoms with Gasteiger partial charge in [0.2, 0.25) is 0 Å². The average molecular weight is 332 g/mol. The molecular formula is C18H16N6O. The molecule has 124 valence electrons. The molecule has 0 atom stereocenters. The van der Waals surface area contributed by atoms with Crippen LogP contribution in [0.25, 0.3) is 11.0 Å². The smallest absolute Gasteiger partial charge is 0.255 e. The van der Waals surface area contributed by atoms with Crippen molar-refractivity contribution in [2.45, 2.75) is 0 Å². The number of rotatable bonds is 4. The highest BCUT2D eigenvalue weighted by atomic mass is 16.1. The first-order chi connectivity index (χ1) is 12.2. The summed E-state index contributed by atoms with van der Waals surface area (Å²) in [6, 6.07) is 12.9. The Labute approximate surface area is 143 Å². The number of benzene rings is 2. The lowest BCUT2D eigenvalue weighted by Crippen LogP contribution is -2.11. The molecule has 0 bridgehead atoms. The van der Waals surface area contributed by atoms with Gasteiger partial charge in [-0.2, -0.15) is 5.10 Å². The highest BCUT2D eigenvalue weighted by Gasteiger charge is 2.08. The number of hydrogen-bond acceptors (Lipinski definition) is 4. The molecule has 0 unspecified atom stereocenters. The Morgan fingerprint density at radius 2 is 2.00 bits per heavy atom. The van der Waals surface area contributed by atoms with Crippen molar-refractivity contribution in [3.8, 4) is 0 Å². The summed E-state index contributed by atoms with van der Waals surface area (Å²) in [5.41, 5.74) is 4.70. The van der Waals surface area contributed by atoms with Crippen LogP contribution in [0, 0.1) is 0 Å². The Hall–Kier alpha value is -3.61. The number of carbonyl (C=O) groups excluding carboxylic acids is 1. The third-order valence-electron chi connectivity index (χ3n) is 3.80. The van der Waals surface area contributed by atoms with Crippen LogP contribution in [0.2, 0.25) is 0 Å². The zero-order valence-electron chi connectivity index (χ0n) is 13.5. The van der Waals surface area contributed by atoms with E-state index in [1.54, 1.807) is 29.3 Å². The molecule has 0 aliphatic rings. The fourth-order valence-corrected chi connectivity index (χ4v) is 2.61. The van der Waals surface area contributed by atoms with Crippen LogP contribution >= 0.6 is 0 Å². The van der Waals surface area contributed by atoms with E-state index in [2.05, 4.69) is 25.7 Å². The van der Waals surface area contributed by atoms with Crippen LogP contribution in [-0.4, -0.2) is 25.7 Å². The second-order valence-corrected chi connectivity index (χ2v) is 5.70. The van der Waals surface area contributed by atoms with Gasteiger partial charge in [0.1, 0.15) is 0 Å². The largest absolute Gasteiger partial charge is 0.353 e. The number of hydrogen-bond donors (Lipinski definition) is 3. The molecule has 1 amide bonds. The summed E-state index contributed by atoms with van der Waals surface area (Å²) in [5.74, 6) is -0.171. The van der Waals surface area contributed by atoms with Gasteiger partial charge in [-0.05, 0) is 36.4 Å². The lowest BCUT2D eigenvalue weighted by atomic mass is 10.2. The number of aryl methyl sites for hydroxylation is 1. The predicted molar refractivity (Wildman–Crippen MR) is 97.0 cm³/mol. The summed E-state index contributed by atoms with van der Waals surface area (Å²) >= 11 is 0. The predicted octanol–water partition coefficient (Wildman–Crippen LogP) is 3.29. The van der Waals surface area contributed by atoms with E-state index in [1.165, 1.54) is 0 Å². The van der Waals surface area contributed by atoms with Gasteiger partial charge in [0.25, 0.3) is 5.91 Å². The first kappa shape index (κ1) is 14.9. The Morgan fingerprint density at radius 1 is 1.12 bits per heavy atom. The molecule has 7 nitrogen and oxygen atoms in total. The molecule has 3 N–H and O–H groups in total. The van der Waals surface area contributed by atoms with Gasteiger partial charge in [-0.3, -0.25) is 9.48 Å². The van der Waals surface area contributed by atoms with E-state index in [1.807, 2.05) is 43.6 Å². The van der Waals surface area contributed by atoms with Crippen molar-refractivity contribution in [2.24, 2.45) is 7.05 Å². The highest BCUT2D eigenvalue weighted by Crippen LogP contribution is 2.20. The number of carbonyl (C=O) groups is 1. The van der Waals surface area contributed by atoms with Crippen LogP contribution < -0.4 is 10.6 Å². The number of amides is 1. The zero-order valence-corrected chi connectivity index (χ0v) is 13.5. The molecule has 25 heavy (non-hydrogen) atoms. The van der Waals surface area contributed by atoms with Crippen molar-refractivity contribution < 1.29 is 4.79 Å². The van der Waals surface area contributed by atoms with E-state index in [0.717, 1.165) is 22.4 Å². The average Bonchev–Trinajstić information content (AvgIpc) is 3.23. The summed E-state index contributed by atoms with van der Waals surface area (Å²) in [6.07, 6.45) is 5.23. The van der Waals surface area contributed by atoms with E-state index in [4.69, 9.17) is 0 Å². The third kappa shape index (κ3) is 3.20. The molecule has 4 aromatic rings. The van der Waals surface area contributed by atoms with E-state index >= 15 is 0 Å². The molecule has 2 aromatic heterocycles. The summed E-state index contributed by atoms with van der Waals surface area (Å²) in [7, 11) is 1.86. The van der Waals surface area contributed by atoms with Crippen LogP contribution in [0.3, 0.4) is 0 Å². The minimum atomic E-state index is -0.171. The number of H-pyrrole nitrogens is 1. The second-order valence-electron chi connectivity index (χ2n) is 5.70. The molecule has 7 heteroatoms. The quantitative estimate of drug-likeness (QED) is 0.535. The number of fused-ring (bicyclic) bond motifs is 1. The van der Waals surface area contributed by atoms with Crippen molar-refractivity contribution in [2.75, 3.05) is 10.6 Å². The van der Waals surface area contributed by atoms with Crippen LogP contribution in [0.5, 0.6) is 0 Å². The van der Waals surface area contributed by atoms with Gasteiger partial charge < -0.3 is 15.6 Å². The van der Waals surface area contributed by atoms with E-state index in [9.17, 15) is 4.79 Å². The highest BCUT2D eigenvalue weighted by molar-refractivity contribution is 6.06. The Balaban J connectivity index is 1.51. The normalized spacial score (nSPS) is 10.8. The van der Waals surface area contributed by atoms with Gasteiger partial charge in [0.05, 0.1) is 29.2 Å². The number of anilines is 3. The molecule has 0 aliphatic heterocycles. The van der Waals surface area contributed by atoms with Crippen molar-refractivity contribution in [1.82, 2.24) is 19.7 Å². The maximum Gasteiger partial charge on any atom is 0.255 e. The first-order valence-electron chi connectivity index (χ1n) is 7.77. The number of aromatic nitrogens is 4. The van der Waals surface area contributed by atoms with Gasteiger partial charge in [0, 0.05) is 30.2 Å². The summed E-state index contributed by atoms with van der Waals surface area (Å²) in [6.45, 7) is 0. The van der Waals surface area contributed by atoms with Gasteiger partial charge in [0.15, 0.2) is 0 Å². The van der Waals surface area contributed by atoms with Gasteiger partial charge in [-0.25, -0.2) is 4.98 Å². The standard InChI is InChI=1S/C18H16N6O/c1-24-10-15(9-21-24)22-13-3-2-4-14(8-13)23-18(25)12-5-6-16-17(7-12)20-11-19-16/h2-11,22H,1H3,(H,19,20)(H,23,25). The Kier molecular flexibility index (Phi) is 3.66. The van der Waals surface area contributed by atoms with Crippen LogP contribution in [0.1, 0.15) is 10.4 Å².